The Morgan fingerprint density at radius 3 is 2.31 bits per heavy atom. The van der Waals surface area contributed by atoms with Crippen LogP contribution in [-0.2, 0) is 4.79 Å². The van der Waals surface area contributed by atoms with Gasteiger partial charge in [0.25, 0.3) is 0 Å². The van der Waals surface area contributed by atoms with Crippen molar-refractivity contribution in [1.82, 2.24) is 9.80 Å². The average Bonchev–Trinajstić information content (AvgIpc) is 2.29. The van der Waals surface area contributed by atoms with E-state index in [1.54, 1.807) is 0 Å². The summed E-state index contributed by atoms with van der Waals surface area (Å²) >= 11 is 0. The van der Waals surface area contributed by atoms with Crippen molar-refractivity contribution in [3.8, 4) is 0 Å². The molecular formula is C13H26N2O. The third kappa shape index (κ3) is 4.62. The van der Waals surface area contributed by atoms with Gasteiger partial charge in [-0.05, 0) is 26.8 Å². The van der Waals surface area contributed by atoms with E-state index in [1.165, 1.54) is 26.2 Å². The van der Waals surface area contributed by atoms with Crippen LogP contribution in [0.25, 0.3) is 0 Å². The average molecular weight is 226 g/mol. The number of nitrogens with zero attached hydrogens (tertiary/aromatic N) is 2. The Morgan fingerprint density at radius 2 is 1.81 bits per heavy atom. The molecule has 0 unspecified atom stereocenters. The van der Waals surface area contributed by atoms with Gasteiger partial charge in [0.2, 0.25) is 0 Å². The number of Topliss-reactive ketones (excluding diaryl/α,β-unsaturated/α-hetero) is 1. The molecule has 3 heteroatoms. The largest absolute Gasteiger partial charge is 0.301 e. The Labute approximate surface area is 99.8 Å². The van der Waals surface area contributed by atoms with Gasteiger partial charge >= 0.3 is 0 Å². The molecule has 0 bridgehead atoms. The van der Waals surface area contributed by atoms with Gasteiger partial charge in [-0.25, -0.2) is 0 Å². The lowest BCUT2D eigenvalue weighted by Gasteiger charge is -2.36. The van der Waals surface area contributed by atoms with Crippen molar-refractivity contribution in [2.45, 2.75) is 46.1 Å². The monoisotopic (exact) mass is 226 g/mol. The van der Waals surface area contributed by atoms with Crippen LogP contribution in [0.2, 0.25) is 0 Å². The third-order valence-corrected chi connectivity index (χ3v) is 3.46. The normalized spacial score (nSPS) is 19.2. The molecule has 94 valence electrons. The zero-order valence-electron chi connectivity index (χ0n) is 11.0. The lowest BCUT2D eigenvalue weighted by atomic mass is 10.1. The molecule has 0 radical (unpaired) electrons. The molecule has 1 aliphatic rings. The fourth-order valence-corrected chi connectivity index (χ4v) is 2.18. The van der Waals surface area contributed by atoms with Crippen LogP contribution in [0, 0.1) is 0 Å². The first-order valence-corrected chi connectivity index (χ1v) is 6.61. The summed E-state index contributed by atoms with van der Waals surface area (Å²) in [6.07, 6.45) is 2.50. The molecular weight excluding hydrogens is 200 g/mol. The van der Waals surface area contributed by atoms with Crippen molar-refractivity contribution in [3.63, 3.8) is 0 Å². The molecule has 0 aliphatic carbocycles. The Balaban J connectivity index is 2.10. The van der Waals surface area contributed by atoms with E-state index < -0.39 is 0 Å². The molecule has 1 saturated heterocycles. The molecule has 0 aromatic carbocycles. The van der Waals surface area contributed by atoms with Gasteiger partial charge < -0.3 is 4.90 Å². The summed E-state index contributed by atoms with van der Waals surface area (Å²) < 4.78 is 0. The summed E-state index contributed by atoms with van der Waals surface area (Å²) in [4.78, 5) is 16.2. The second kappa shape index (κ2) is 7.02. The van der Waals surface area contributed by atoms with Crippen LogP contribution in [-0.4, -0.2) is 54.3 Å². The van der Waals surface area contributed by atoms with E-state index in [-0.39, 0.29) is 0 Å². The van der Waals surface area contributed by atoms with Crippen LogP contribution in [0.5, 0.6) is 0 Å². The van der Waals surface area contributed by atoms with Crippen molar-refractivity contribution in [2.24, 2.45) is 0 Å². The number of rotatable bonds is 6. The number of ketones is 1. The van der Waals surface area contributed by atoms with E-state index in [9.17, 15) is 4.79 Å². The molecule has 0 aromatic rings. The molecule has 0 amide bonds. The van der Waals surface area contributed by atoms with Gasteiger partial charge in [-0.15, -0.1) is 0 Å². The highest BCUT2D eigenvalue weighted by atomic mass is 16.1. The Morgan fingerprint density at radius 1 is 1.19 bits per heavy atom. The highest BCUT2D eigenvalue weighted by Gasteiger charge is 2.18. The summed E-state index contributed by atoms with van der Waals surface area (Å²) in [5.41, 5.74) is 0. The molecule has 1 rings (SSSR count). The minimum Gasteiger partial charge on any atom is -0.301 e. The SMILES string of the molecule is CCC(=O)CCCN1CCN(C(C)C)CC1. The number of piperazine rings is 1. The highest BCUT2D eigenvalue weighted by molar-refractivity contribution is 5.77. The van der Waals surface area contributed by atoms with E-state index in [0.717, 1.165) is 19.4 Å². The Bertz CT molecular complexity index is 208. The maximum absolute atomic E-state index is 11.2. The van der Waals surface area contributed by atoms with E-state index >= 15 is 0 Å². The molecule has 16 heavy (non-hydrogen) atoms. The van der Waals surface area contributed by atoms with Gasteiger partial charge in [-0.1, -0.05) is 6.92 Å². The fourth-order valence-electron chi connectivity index (χ4n) is 2.18. The maximum atomic E-state index is 11.2. The highest BCUT2D eigenvalue weighted by Crippen LogP contribution is 2.07. The fraction of sp³-hybridized carbons (Fsp3) is 0.923. The van der Waals surface area contributed by atoms with E-state index in [1.807, 2.05) is 6.92 Å². The quantitative estimate of drug-likeness (QED) is 0.689. The third-order valence-electron chi connectivity index (χ3n) is 3.46. The molecule has 3 nitrogen and oxygen atoms in total. The topological polar surface area (TPSA) is 23.6 Å². The van der Waals surface area contributed by atoms with Gasteiger partial charge in [0.05, 0.1) is 0 Å². The molecule has 0 N–H and O–H groups in total. The van der Waals surface area contributed by atoms with Gasteiger partial charge in [0.1, 0.15) is 5.78 Å². The van der Waals surface area contributed by atoms with Crippen LogP contribution in [0.15, 0.2) is 0 Å². The molecule has 0 atom stereocenters. The van der Waals surface area contributed by atoms with Crippen LogP contribution in [0.1, 0.15) is 40.0 Å². The molecule has 0 saturated carbocycles. The van der Waals surface area contributed by atoms with E-state index in [4.69, 9.17) is 0 Å². The van der Waals surface area contributed by atoms with Crippen molar-refractivity contribution in [2.75, 3.05) is 32.7 Å². The van der Waals surface area contributed by atoms with Gasteiger partial charge in [0.15, 0.2) is 0 Å². The lowest BCUT2D eigenvalue weighted by Crippen LogP contribution is -2.48. The summed E-state index contributed by atoms with van der Waals surface area (Å²) in [5.74, 6) is 0.404. The van der Waals surface area contributed by atoms with Crippen LogP contribution in [0.4, 0.5) is 0 Å². The summed E-state index contributed by atoms with van der Waals surface area (Å²) in [6.45, 7) is 12.3. The summed E-state index contributed by atoms with van der Waals surface area (Å²) in [6, 6.07) is 0.670. The van der Waals surface area contributed by atoms with Crippen LogP contribution < -0.4 is 0 Å². The van der Waals surface area contributed by atoms with E-state index in [0.29, 0.717) is 18.2 Å². The summed E-state index contributed by atoms with van der Waals surface area (Å²) in [7, 11) is 0. The van der Waals surface area contributed by atoms with E-state index in [2.05, 4.69) is 23.6 Å². The molecule has 1 heterocycles. The van der Waals surface area contributed by atoms with Gasteiger partial charge in [-0.3, -0.25) is 9.69 Å². The van der Waals surface area contributed by atoms with Gasteiger partial charge in [0, 0.05) is 45.1 Å². The zero-order valence-corrected chi connectivity index (χ0v) is 11.0. The standard InChI is InChI=1S/C13H26N2O/c1-4-13(16)6-5-7-14-8-10-15(11-9-14)12(2)3/h12H,4-11H2,1-3H3. The second-order valence-corrected chi connectivity index (χ2v) is 4.97. The molecule has 1 aliphatic heterocycles. The Kier molecular flexibility index (Phi) is 5.99. The number of carbonyl (C=O) groups excluding carboxylic acids is 1. The van der Waals surface area contributed by atoms with Gasteiger partial charge in [-0.2, -0.15) is 0 Å². The number of hydrogen-bond acceptors (Lipinski definition) is 3. The smallest absolute Gasteiger partial charge is 0.132 e. The maximum Gasteiger partial charge on any atom is 0.132 e. The van der Waals surface area contributed by atoms with Crippen molar-refractivity contribution in [1.29, 1.82) is 0 Å². The first kappa shape index (κ1) is 13.7. The lowest BCUT2D eigenvalue weighted by molar-refractivity contribution is -0.118. The number of carbonyl (C=O) groups is 1. The van der Waals surface area contributed by atoms with Crippen molar-refractivity contribution < 1.29 is 4.79 Å². The molecule has 1 fully saturated rings. The molecule has 0 spiro atoms. The molecule has 0 aromatic heterocycles. The van der Waals surface area contributed by atoms with Crippen molar-refractivity contribution in [3.05, 3.63) is 0 Å². The summed E-state index contributed by atoms with van der Waals surface area (Å²) in [5, 5.41) is 0. The number of hydrogen-bond donors (Lipinski definition) is 0. The minimum absolute atomic E-state index is 0.404. The van der Waals surface area contributed by atoms with Crippen LogP contribution in [0.3, 0.4) is 0 Å². The second-order valence-electron chi connectivity index (χ2n) is 4.97. The minimum atomic E-state index is 0.404. The predicted molar refractivity (Wildman–Crippen MR) is 67.7 cm³/mol. The first-order valence-electron chi connectivity index (χ1n) is 6.61. The Hall–Kier alpha value is -0.410. The van der Waals surface area contributed by atoms with Crippen LogP contribution >= 0.6 is 0 Å². The zero-order chi connectivity index (χ0) is 12.0. The predicted octanol–water partition coefficient (Wildman–Crippen LogP) is 1.77. The van der Waals surface area contributed by atoms with Crippen molar-refractivity contribution >= 4 is 5.78 Å². The first-order chi connectivity index (χ1) is 7.63.